The van der Waals surface area contributed by atoms with Gasteiger partial charge in [0.25, 0.3) is 11.8 Å². The number of nitrogens with one attached hydrogen (secondary N) is 1. The van der Waals surface area contributed by atoms with Crippen molar-refractivity contribution < 1.29 is 9.59 Å². The first-order chi connectivity index (χ1) is 10.1. The van der Waals surface area contributed by atoms with E-state index in [4.69, 9.17) is 0 Å². The molecule has 2 amide bonds. The molecule has 0 unspecified atom stereocenters. The summed E-state index contributed by atoms with van der Waals surface area (Å²) in [4.78, 5) is 32.1. The third kappa shape index (κ3) is 4.26. The molecule has 6 heteroatoms. The number of hydrogen-bond donors (Lipinski definition) is 1. The average molecular weight is 290 g/mol. The van der Waals surface area contributed by atoms with Crippen LogP contribution in [-0.2, 0) is 0 Å². The minimum Gasteiger partial charge on any atom is -0.349 e. The lowest BCUT2D eigenvalue weighted by atomic mass is 10.2. The van der Waals surface area contributed by atoms with E-state index in [9.17, 15) is 9.59 Å². The van der Waals surface area contributed by atoms with Gasteiger partial charge in [-0.05, 0) is 39.1 Å². The van der Waals surface area contributed by atoms with Crippen LogP contribution in [0.3, 0.4) is 0 Å². The Morgan fingerprint density at radius 2 is 2.05 bits per heavy atom. The molecule has 0 aromatic carbocycles. The van der Waals surface area contributed by atoms with Crippen molar-refractivity contribution in [2.75, 3.05) is 40.3 Å². The van der Waals surface area contributed by atoms with E-state index in [1.807, 2.05) is 23.9 Å². The topological polar surface area (TPSA) is 65.5 Å². The van der Waals surface area contributed by atoms with E-state index < -0.39 is 0 Å². The number of likely N-dealkylation sites (tertiary alicyclic amines) is 1. The molecule has 1 aromatic heterocycles. The Balaban J connectivity index is 1.99. The highest BCUT2D eigenvalue weighted by Crippen LogP contribution is 2.13. The first kappa shape index (κ1) is 15.4. The molecule has 114 valence electrons. The van der Waals surface area contributed by atoms with Gasteiger partial charge in [-0.25, -0.2) is 0 Å². The normalized spacial score (nSPS) is 14.5. The van der Waals surface area contributed by atoms with Crippen molar-refractivity contribution in [1.82, 2.24) is 20.1 Å². The summed E-state index contributed by atoms with van der Waals surface area (Å²) >= 11 is 0. The fourth-order valence-electron chi connectivity index (χ4n) is 2.27. The maximum absolute atomic E-state index is 12.3. The van der Waals surface area contributed by atoms with Crippen molar-refractivity contribution in [3.63, 3.8) is 0 Å². The second-order valence-electron chi connectivity index (χ2n) is 5.49. The SMILES string of the molecule is CN(C)CCNC(=O)c1cc(C(=O)N2CCCC2)ccn1. The first-order valence-corrected chi connectivity index (χ1v) is 7.26. The molecule has 2 rings (SSSR count). The van der Waals surface area contributed by atoms with Crippen LogP contribution in [0, 0.1) is 0 Å². The summed E-state index contributed by atoms with van der Waals surface area (Å²) in [7, 11) is 3.89. The Morgan fingerprint density at radius 3 is 2.71 bits per heavy atom. The number of hydrogen-bond acceptors (Lipinski definition) is 4. The van der Waals surface area contributed by atoms with E-state index in [0.29, 0.717) is 17.8 Å². The predicted molar refractivity (Wildman–Crippen MR) is 80.3 cm³/mol. The van der Waals surface area contributed by atoms with Crippen molar-refractivity contribution in [2.45, 2.75) is 12.8 Å². The number of amides is 2. The molecular formula is C15H22N4O2. The summed E-state index contributed by atoms with van der Waals surface area (Å²) in [6.07, 6.45) is 3.62. The van der Waals surface area contributed by atoms with Crippen LogP contribution in [0.2, 0.25) is 0 Å². The molecule has 0 saturated carbocycles. The number of carbonyl (C=O) groups is 2. The van der Waals surface area contributed by atoms with Crippen LogP contribution < -0.4 is 5.32 Å². The van der Waals surface area contributed by atoms with Crippen LogP contribution in [0.4, 0.5) is 0 Å². The van der Waals surface area contributed by atoms with Gasteiger partial charge < -0.3 is 15.1 Å². The van der Waals surface area contributed by atoms with Crippen molar-refractivity contribution in [2.24, 2.45) is 0 Å². The van der Waals surface area contributed by atoms with Crippen LogP contribution in [0.1, 0.15) is 33.7 Å². The quantitative estimate of drug-likeness (QED) is 0.863. The molecule has 0 bridgehead atoms. The van der Waals surface area contributed by atoms with Crippen LogP contribution in [0.25, 0.3) is 0 Å². The molecule has 1 saturated heterocycles. The molecule has 0 radical (unpaired) electrons. The summed E-state index contributed by atoms with van der Waals surface area (Å²) < 4.78 is 0. The standard InChI is InChI=1S/C15H22N4O2/c1-18(2)10-7-17-14(20)13-11-12(5-6-16-13)15(21)19-8-3-4-9-19/h5-6,11H,3-4,7-10H2,1-2H3,(H,17,20). The van der Waals surface area contributed by atoms with Crippen LogP contribution in [0.5, 0.6) is 0 Å². The Morgan fingerprint density at radius 1 is 1.33 bits per heavy atom. The molecular weight excluding hydrogens is 268 g/mol. The van der Waals surface area contributed by atoms with Gasteiger partial charge in [0, 0.05) is 37.9 Å². The summed E-state index contributed by atoms with van der Waals surface area (Å²) in [6.45, 7) is 2.91. The van der Waals surface area contributed by atoms with Crippen LogP contribution >= 0.6 is 0 Å². The lowest BCUT2D eigenvalue weighted by molar-refractivity contribution is 0.0792. The van der Waals surface area contributed by atoms with E-state index in [2.05, 4.69) is 10.3 Å². The summed E-state index contributed by atoms with van der Waals surface area (Å²) in [5.74, 6) is -0.259. The van der Waals surface area contributed by atoms with Gasteiger partial charge in [0.15, 0.2) is 0 Å². The molecule has 1 aliphatic rings. The number of rotatable bonds is 5. The largest absolute Gasteiger partial charge is 0.349 e. The van der Waals surface area contributed by atoms with Crippen molar-refractivity contribution in [3.8, 4) is 0 Å². The van der Waals surface area contributed by atoms with Gasteiger partial charge in [-0.15, -0.1) is 0 Å². The van der Waals surface area contributed by atoms with Gasteiger partial charge in [-0.3, -0.25) is 14.6 Å². The molecule has 2 heterocycles. The van der Waals surface area contributed by atoms with E-state index in [-0.39, 0.29) is 11.8 Å². The zero-order valence-corrected chi connectivity index (χ0v) is 12.6. The van der Waals surface area contributed by atoms with Gasteiger partial charge in [0.1, 0.15) is 5.69 Å². The van der Waals surface area contributed by atoms with E-state index in [1.54, 1.807) is 12.1 Å². The Bertz CT molecular complexity index is 510. The Kier molecular flexibility index (Phi) is 5.27. The minimum absolute atomic E-state index is 0.0164. The molecule has 6 nitrogen and oxygen atoms in total. The second-order valence-corrected chi connectivity index (χ2v) is 5.49. The number of nitrogens with zero attached hydrogens (tertiary/aromatic N) is 3. The molecule has 1 fully saturated rings. The van der Waals surface area contributed by atoms with Gasteiger partial charge in [0.2, 0.25) is 0 Å². The Hall–Kier alpha value is -1.95. The third-order valence-corrected chi connectivity index (χ3v) is 3.48. The summed E-state index contributed by atoms with van der Waals surface area (Å²) in [5.41, 5.74) is 0.823. The van der Waals surface area contributed by atoms with Crippen molar-refractivity contribution >= 4 is 11.8 Å². The number of carbonyl (C=O) groups excluding carboxylic acids is 2. The maximum Gasteiger partial charge on any atom is 0.269 e. The summed E-state index contributed by atoms with van der Waals surface area (Å²) in [5, 5.41) is 2.80. The highest BCUT2D eigenvalue weighted by Gasteiger charge is 2.20. The Labute approximate surface area is 125 Å². The fourth-order valence-corrected chi connectivity index (χ4v) is 2.27. The van der Waals surface area contributed by atoms with Crippen molar-refractivity contribution in [3.05, 3.63) is 29.6 Å². The zero-order chi connectivity index (χ0) is 15.2. The predicted octanol–water partition coefficient (Wildman–Crippen LogP) is 0.609. The monoisotopic (exact) mass is 290 g/mol. The summed E-state index contributed by atoms with van der Waals surface area (Å²) in [6, 6.07) is 3.24. The van der Waals surface area contributed by atoms with E-state index in [0.717, 1.165) is 32.5 Å². The van der Waals surface area contributed by atoms with Gasteiger partial charge >= 0.3 is 0 Å². The van der Waals surface area contributed by atoms with E-state index >= 15 is 0 Å². The average Bonchev–Trinajstić information content (AvgIpc) is 3.00. The molecule has 0 spiro atoms. The molecule has 0 aliphatic carbocycles. The second kappa shape index (κ2) is 7.17. The van der Waals surface area contributed by atoms with Crippen molar-refractivity contribution in [1.29, 1.82) is 0 Å². The number of pyridine rings is 1. The molecule has 21 heavy (non-hydrogen) atoms. The highest BCUT2D eigenvalue weighted by molar-refractivity contribution is 5.98. The number of aromatic nitrogens is 1. The lowest BCUT2D eigenvalue weighted by Gasteiger charge is -2.15. The first-order valence-electron chi connectivity index (χ1n) is 7.26. The molecule has 1 aliphatic heterocycles. The van der Waals surface area contributed by atoms with Gasteiger partial charge in [-0.2, -0.15) is 0 Å². The van der Waals surface area contributed by atoms with Crippen LogP contribution in [0.15, 0.2) is 18.3 Å². The van der Waals surface area contributed by atoms with Crippen LogP contribution in [-0.4, -0.2) is 66.9 Å². The lowest BCUT2D eigenvalue weighted by Crippen LogP contribution is -2.32. The van der Waals surface area contributed by atoms with Gasteiger partial charge in [-0.1, -0.05) is 0 Å². The third-order valence-electron chi connectivity index (χ3n) is 3.48. The van der Waals surface area contributed by atoms with Gasteiger partial charge in [0.05, 0.1) is 0 Å². The molecule has 1 aromatic rings. The number of likely N-dealkylation sites (N-methyl/N-ethyl adjacent to an activating group) is 1. The molecule has 0 atom stereocenters. The minimum atomic E-state index is -0.243. The highest BCUT2D eigenvalue weighted by atomic mass is 16.2. The smallest absolute Gasteiger partial charge is 0.269 e. The fraction of sp³-hybridized carbons (Fsp3) is 0.533. The maximum atomic E-state index is 12.3. The zero-order valence-electron chi connectivity index (χ0n) is 12.6. The van der Waals surface area contributed by atoms with E-state index in [1.165, 1.54) is 6.20 Å². The molecule has 1 N–H and O–H groups in total.